The molecule has 2 unspecified atom stereocenters. The van der Waals surface area contributed by atoms with E-state index in [0.717, 1.165) is 65.0 Å². The van der Waals surface area contributed by atoms with Crippen LogP contribution in [0.5, 0.6) is 0 Å². The minimum Gasteiger partial charge on any atom is -0.373 e. The van der Waals surface area contributed by atoms with Gasteiger partial charge in [0.25, 0.3) is 0 Å². The fourth-order valence-corrected chi connectivity index (χ4v) is 6.38. The summed E-state index contributed by atoms with van der Waals surface area (Å²) in [4.78, 5) is 25.0. The van der Waals surface area contributed by atoms with Crippen molar-refractivity contribution in [2.24, 2.45) is 0 Å². The van der Waals surface area contributed by atoms with Gasteiger partial charge in [-0.25, -0.2) is 4.98 Å². The lowest BCUT2D eigenvalue weighted by Gasteiger charge is -2.41. The number of nitrogens with zero attached hydrogens (tertiary/aromatic N) is 3. The summed E-state index contributed by atoms with van der Waals surface area (Å²) < 4.78 is 5.98. The minimum absolute atomic E-state index is 0.0227. The van der Waals surface area contributed by atoms with E-state index in [0.29, 0.717) is 17.2 Å². The number of carbonyl (C=O) groups is 1. The molecule has 2 saturated heterocycles. The van der Waals surface area contributed by atoms with Gasteiger partial charge < -0.3 is 19.9 Å². The number of ether oxygens (including phenoxy) is 1. The Kier molecular flexibility index (Phi) is 4.06. The Labute approximate surface area is 184 Å². The van der Waals surface area contributed by atoms with Crippen LogP contribution in [0.15, 0.2) is 18.2 Å². The first-order chi connectivity index (χ1) is 15.0. The van der Waals surface area contributed by atoms with Crippen LogP contribution in [0.4, 0.5) is 5.13 Å². The van der Waals surface area contributed by atoms with Crippen LogP contribution in [0.2, 0.25) is 0 Å². The molecule has 0 amide bonds. The molecule has 0 radical (unpaired) electrons. The van der Waals surface area contributed by atoms with Gasteiger partial charge in [-0.3, -0.25) is 4.79 Å². The highest BCUT2D eigenvalue weighted by Gasteiger charge is 2.43. The Hall–Kier alpha value is -2.73. The van der Waals surface area contributed by atoms with Crippen LogP contribution in [-0.4, -0.2) is 54.1 Å². The zero-order valence-electron chi connectivity index (χ0n) is 17.5. The summed E-state index contributed by atoms with van der Waals surface area (Å²) in [6.45, 7) is 7.58. The normalized spacial score (nSPS) is 24.4. The summed E-state index contributed by atoms with van der Waals surface area (Å²) in [5.41, 5.74) is 3.40. The van der Waals surface area contributed by atoms with E-state index in [4.69, 9.17) is 9.72 Å². The van der Waals surface area contributed by atoms with Crippen molar-refractivity contribution in [3.8, 4) is 6.07 Å². The van der Waals surface area contributed by atoms with E-state index in [-0.39, 0.29) is 11.9 Å². The molecule has 2 aliphatic heterocycles. The van der Waals surface area contributed by atoms with Crippen molar-refractivity contribution in [1.82, 2.24) is 15.3 Å². The van der Waals surface area contributed by atoms with Gasteiger partial charge in [0.15, 0.2) is 5.13 Å². The summed E-state index contributed by atoms with van der Waals surface area (Å²) >= 11 is 1.50. The third kappa shape index (κ3) is 2.70. The number of nitrogens with one attached hydrogen (secondary N) is 2. The number of thiazole rings is 1. The second kappa shape index (κ2) is 6.63. The molecule has 1 aliphatic carbocycles. The van der Waals surface area contributed by atoms with Crippen LogP contribution in [0.3, 0.4) is 0 Å². The van der Waals surface area contributed by atoms with Gasteiger partial charge in [0.2, 0.25) is 5.78 Å². The highest BCUT2D eigenvalue weighted by atomic mass is 32.1. The van der Waals surface area contributed by atoms with Gasteiger partial charge in [0, 0.05) is 47.7 Å². The molecule has 3 aliphatic rings. The van der Waals surface area contributed by atoms with Crippen molar-refractivity contribution in [2.45, 2.75) is 37.8 Å². The second-order valence-electron chi connectivity index (χ2n) is 9.08. The number of ketones is 1. The van der Waals surface area contributed by atoms with E-state index in [2.05, 4.69) is 35.1 Å². The lowest BCUT2D eigenvalue weighted by molar-refractivity contribution is -0.00903. The van der Waals surface area contributed by atoms with E-state index < -0.39 is 5.41 Å². The van der Waals surface area contributed by atoms with Crippen LogP contribution in [0.25, 0.3) is 10.9 Å². The van der Waals surface area contributed by atoms with Crippen molar-refractivity contribution in [1.29, 1.82) is 5.26 Å². The van der Waals surface area contributed by atoms with Gasteiger partial charge in [-0.15, -0.1) is 0 Å². The number of aromatic amines is 1. The summed E-state index contributed by atoms with van der Waals surface area (Å²) in [6, 6.07) is 8.04. The Morgan fingerprint density at radius 2 is 2.26 bits per heavy atom. The second-order valence-corrected chi connectivity index (χ2v) is 10.1. The molecule has 8 heteroatoms. The van der Waals surface area contributed by atoms with Crippen LogP contribution in [0, 0.1) is 11.3 Å². The molecule has 2 fully saturated rings. The number of fused-ring (bicyclic) bond motifs is 5. The van der Waals surface area contributed by atoms with Crippen molar-refractivity contribution in [3.05, 3.63) is 45.6 Å². The van der Waals surface area contributed by atoms with E-state index in [1.54, 1.807) is 6.07 Å². The maximum atomic E-state index is 13.6. The molecule has 2 aromatic heterocycles. The quantitative estimate of drug-likeness (QED) is 0.613. The largest absolute Gasteiger partial charge is 0.373 e. The number of aromatic nitrogens is 2. The zero-order chi connectivity index (χ0) is 21.3. The fraction of sp³-hybridized carbons (Fsp3) is 0.435. The van der Waals surface area contributed by atoms with Gasteiger partial charge in [-0.05, 0) is 32.4 Å². The third-order valence-electron chi connectivity index (χ3n) is 6.86. The lowest BCUT2D eigenvalue weighted by atomic mass is 9.77. The molecular formula is C23H23N5O2S. The summed E-state index contributed by atoms with van der Waals surface area (Å²) in [6.07, 6.45) is 1.18. The van der Waals surface area contributed by atoms with Gasteiger partial charge >= 0.3 is 0 Å². The maximum absolute atomic E-state index is 13.6. The molecule has 0 saturated carbocycles. The molecule has 158 valence electrons. The van der Waals surface area contributed by atoms with Crippen molar-refractivity contribution in [3.63, 3.8) is 0 Å². The van der Waals surface area contributed by atoms with Gasteiger partial charge in [0.05, 0.1) is 35.6 Å². The predicted octanol–water partition coefficient (Wildman–Crippen LogP) is 2.93. The number of carbonyl (C=O) groups excluding carboxylic acids is 1. The predicted molar refractivity (Wildman–Crippen MR) is 119 cm³/mol. The van der Waals surface area contributed by atoms with Crippen LogP contribution < -0.4 is 10.2 Å². The molecule has 6 rings (SSSR count). The molecule has 3 aromatic rings. The van der Waals surface area contributed by atoms with Crippen molar-refractivity contribution < 1.29 is 9.53 Å². The minimum atomic E-state index is -0.430. The van der Waals surface area contributed by atoms with E-state index >= 15 is 0 Å². The first-order valence-corrected chi connectivity index (χ1v) is 11.5. The topological polar surface area (TPSA) is 94.0 Å². The molecule has 7 nitrogen and oxygen atoms in total. The van der Waals surface area contributed by atoms with Crippen LogP contribution in [-0.2, 0) is 10.2 Å². The number of hydrogen-bond donors (Lipinski definition) is 2. The first kappa shape index (κ1) is 19.0. The van der Waals surface area contributed by atoms with Crippen LogP contribution in [0.1, 0.15) is 52.5 Å². The Bertz CT molecular complexity index is 1270. The number of benzene rings is 1. The number of hydrogen-bond acceptors (Lipinski definition) is 7. The lowest BCUT2D eigenvalue weighted by Crippen LogP contribution is -2.57. The molecule has 0 bridgehead atoms. The van der Waals surface area contributed by atoms with Gasteiger partial charge in [0.1, 0.15) is 4.88 Å². The summed E-state index contributed by atoms with van der Waals surface area (Å²) in [5.74, 6) is 0.0227. The fourth-order valence-electron chi connectivity index (χ4n) is 5.17. The Balaban J connectivity index is 1.41. The van der Waals surface area contributed by atoms with E-state index in [9.17, 15) is 10.1 Å². The molecule has 1 aromatic carbocycles. The van der Waals surface area contributed by atoms with Crippen molar-refractivity contribution >= 4 is 33.2 Å². The van der Waals surface area contributed by atoms with Crippen LogP contribution >= 0.6 is 11.3 Å². The number of piperidine rings is 1. The highest BCUT2D eigenvalue weighted by molar-refractivity contribution is 7.18. The van der Waals surface area contributed by atoms with E-state index in [1.807, 2.05) is 12.1 Å². The summed E-state index contributed by atoms with van der Waals surface area (Å²) in [7, 11) is 0. The number of anilines is 1. The van der Waals surface area contributed by atoms with Gasteiger partial charge in [-0.2, -0.15) is 5.26 Å². The number of nitriles is 1. The molecule has 31 heavy (non-hydrogen) atoms. The van der Waals surface area contributed by atoms with Gasteiger partial charge in [-0.1, -0.05) is 17.4 Å². The number of morpholine rings is 1. The molecule has 4 heterocycles. The average molecular weight is 434 g/mol. The Morgan fingerprint density at radius 1 is 1.39 bits per heavy atom. The number of H-pyrrole nitrogens is 1. The molecular weight excluding hydrogens is 410 g/mol. The van der Waals surface area contributed by atoms with E-state index in [1.165, 1.54) is 11.3 Å². The highest BCUT2D eigenvalue weighted by Crippen LogP contribution is 2.46. The summed E-state index contributed by atoms with van der Waals surface area (Å²) in [5, 5.41) is 14.6. The zero-order valence-corrected chi connectivity index (χ0v) is 18.3. The van der Waals surface area contributed by atoms with Crippen molar-refractivity contribution in [2.75, 3.05) is 31.1 Å². The molecule has 2 N–H and O–H groups in total. The maximum Gasteiger partial charge on any atom is 0.207 e. The number of rotatable bonds is 1. The standard InChI is InChI=1S/C23H23N5O2S/c1-23(2)20-17(13-4-3-12(10-24)9-15(13)26-20)18(29)19-21(23)27-22(31-19)28-7-5-14-16(11-28)30-8-6-25-14/h3-4,9,14,16,25-26H,5-8,11H2,1-2H3. The smallest absolute Gasteiger partial charge is 0.207 e. The third-order valence-corrected chi connectivity index (χ3v) is 7.98. The SMILES string of the molecule is CC1(C)c2nc(N3CCC4NCCOC4C3)sc2C(=O)c2c1[nH]c1cc(C#N)ccc21. The molecule has 2 atom stereocenters. The Morgan fingerprint density at radius 3 is 3.10 bits per heavy atom. The monoisotopic (exact) mass is 433 g/mol. The average Bonchev–Trinajstić information content (AvgIpc) is 3.41. The first-order valence-electron chi connectivity index (χ1n) is 10.7. The molecule has 0 spiro atoms.